The fraction of sp³-hybridized carbons (Fsp3) is 0.917. The molecule has 0 heterocycles. The minimum atomic E-state index is 0.106. The average Bonchev–Trinajstić information content (AvgIpc) is 2.65. The summed E-state index contributed by atoms with van der Waals surface area (Å²) in [5.74, 6) is 0.881. The first-order chi connectivity index (χ1) is 7.09. The summed E-state index contributed by atoms with van der Waals surface area (Å²) in [7, 11) is 0. The Morgan fingerprint density at radius 2 is 1.87 bits per heavy atom. The maximum atomic E-state index is 11.4. The second-order valence-electron chi connectivity index (χ2n) is 4.94. The van der Waals surface area contributed by atoms with Gasteiger partial charge in [-0.05, 0) is 39.5 Å². The molecule has 1 aliphatic rings. The lowest BCUT2D eigenvalue weighted by Crippen LogP contribution is -2.42. The van der Waals surface area contributed by atoms with Gasteiger partial charge in [0.15, 0.2) is 0 Å². The van der Waals surface area contributed by atoms with Gasteiger partial charge in [-0.1, -0.05) is 12.8 Å². The minimum Gasteiger partial charge on any atom is -0.353 e. The van der Waals surface area contributed by atoms with E-state index in [9.17, 15) is 4.79 Å². The number of rotatable bonds is 5. The van der Waals surface area contributed by atoms with Crippen molar-refractivity contribution in [3.05, 3.63) is 0 Å². The zero-order valence-corrected chi connectivity index (χ0v) is 10.2. The van der Waals surface area contributed by atoms with Crippen molar-refractivity contribution in [3.8, 4) is 0 Å². The smallest absolute Gasteiger partial charge is 0.234 e. The Kier molecular flexibility index (Phi) is 5.09. The van der Waals surface area contributed by atoms with Crippen molar-refractivity contribution >= 4 is 5.91 Å². The lowest BCUT2D eigenvalue weighted by atomic mass is 10.00. The quantitative estimate of drug-likeness (QED) is 0.728. The average molecular weight is 212 g/mol. The van der Waals surface area contributed by atoms with Crippen LogP contribution in [-0.2, 0) is 4.79 Å². The van der Waals surface area contributed by atoms with Crippen LogP contribution in [0.3, 0.4) is 0 Å². The zero-order valence-electron chi connectivity index (χ0n) is 10.2. The number of carbonyl (C=O) groups excluding carboxylic acids is 1. The van der Waals surface area contributed by atoms with Gasteiger partial charge in [-0.15, -0.1) is 0 Å². The third-order valence-corrected chi connectivity index (χ3v) is 3.14. The monoisotopic (exact) mass is 212 g/mol. The summed E-state index contributed by atoms with van der Waals surface area (Å²) in [6, 6.07) is 0.714. The van der Waals surface area contributed by atoms with E-state index in [4.69, 9.17) is 0 Å². The van der Waals surface area contributed by atoms with Crippen molar-refractivity contribution < 1.29 is 4.79 Å². The Balaban J connectivity index is 2.15. The van der Waals surface area contributed by atoms with Crippen molar-refractivity contribution in [1.82, 2.24) is 10.6 Å². The largest absolute Gasteiger partial charge is 0.353 e. The molecule has 0 aromatic rings. The summed E-state index contributed by atoms with van der Waals surface area (Å²) >= 11 is 0. The van der Waals surface area contributed by atoms with Gasteiger partial charge in [-0.2, -0.15) is 0 Å². The molecule has 0 unspecified atom stereocenters. The predicted molar refractivity (Wildman–Crippen MR) is 62.7 cm³/mol. The normalized spacial score (nSPS) is 19.5. The number of amides is 1. The van der Waals surface area contributed by atoms with Crippen LogP contribution in [0, 0.1) is 5.92 Å². The molecular weight excluding hydrogens is 188 g/mol. The Morgan fingerprint density at radius 1 is 1.27 bits per heavy atom. The molecule has 0 aliphatic heterocycles. The molecule has 1 rings (SSSR count). The second kappa shape index (κ2) is 6.11. The van der Waals surface area contributed by atoms with Crippen LogP contribution < -0.4 is 10.6 Å². The van der Waals surface area contributed by atoms with Crippen LogP contribution in [0.25, 0.3) is 0 Å². The van der Waals surface area contributed by atoms with E-state index in [1.165, 1.54) is 25.7 Å². The Hall–Kier alpha value is -0.570. The summed E-state index contributed by atoms with van der Waals surface area (Å²) in [5, 5.41) is 6.20. The van der Waals surface area contributed by atoms with Crippen LogP contribution in [0.1, 0.15) is 46.5 Å². The van der Waals surface area contributed by atoms with Gasteiger partial charge in [0, 0.05) is 12.1 Å². The topological polar surface area (TPSA) is 41.1 Å². The minimum absolute atomic E-state index is 0.106. The van der Waals surface area contributed by atoms with Gasteiger partial charge in [0.05, 0.1) is 6.54 Å². The molecule has 0 spiro atoms. The number of carbonyl (C=O) groups is 1. The van der Waals surface area contributed by atoms with Crippen LogP contribution in [-0.4, -0.2) is 24.5 Å². The molecule has 15 heavy (non-hydrogen) atoms. The van der Waals surface area contributed by atoms with Crippen molar-refractivity contribution in [3.63, 3.8) is 0 Å². The number of hydrogen-bond acceptors (Lipinski definition) is 2. The Morgan fingerprint density at radius 3 is 2.40 bits per heavy atom. The number of hydrogen-bond donors (Lipinski definition) is 2. The third-order valence-electron chi connectivity index (χ3n) is 3.14. The second-order valence-corrected chi connectivity index (χ2v) is 4.94. The standard InChI is InChI=1S/C12H24N2O/c1-9(2)14-12(15)8-13-10(3)11-6-4-5-7-11/h9-11,13H,4-8H2,1-3H3,(H,14,15)/t10-/m1/s1. The van der Waals surface area contributed by atoms with Crippen molar-refractivity contribution in [2.75, 3.05) is 6.54 Å². The van der Waals surface area contributed by atoms with Crippen molar-refractivity contribution in [2.45, 2.75) is 58.5 Å². The molecule has 1 fully saturated rings. The van der Waals surface area contributed by atoms with E-state index in [-0.39, 0.29) is 11.9 Å². The van der Waals surface area contributed by atoms with E-state index in [2.05, 4.69) is 17.6 Å². The molecule has 88 valence electrons. The summed E-state index contributed by atoms with van der Waals surface area (Å²) < 4.78 is 0. The molecule has 3 nitrogen and oxygen atoms in total. The molecule has 0 saturated heterocycles. The first-order valence-electron chi connectivity index (χ1n) is 6.12. The van der Waals surface area contributed by atoms with Crippen LogP contribution in [0.4, 0.5) is 0 Å². The highest BCUT2D eigenvalue weighted by Gasteiger charge is 2.21. The van der Waals surface area contributed by atoms with Crippen LogP contribution in [0.5, 0.6) is 0 Å². The summed E-state index contributed by atoms with van der Waals surface area (Å²) in [4.78, 5) is 11.4. The van der Waals surface area contributed by atoms with Gasteiger partial charge in [0.1, 0.15) is 0 Å². The van der Waals surface area contributed by atoms with E-state index in [0.29, 0.717) is 12.6 Å². The first kappa shape index (κ1) is 12.5. The van der Waals surface area contributed by atoms with Crippen molar-refractivity contribution in [1.29, 1.82) is 0 Å². The molecule has 1 saturated carbocycles. The van der Waals surface area contributed by atoms with Crippen LogP contribution >= 0.6 is 0 Å². The zero-order chi connectivity index (χ0) is 11.3. The molecule has 3 heteroatoms. The van der Waals surface area contributed by atoms with Crippen LogP contribution in [0.15, 0.2) is 0 Å². The predicted octanol–water partition coefficient (Wildman–Crippen LogP) is 1.68. The molecule has 0 aromatic carbocycles. The fourth-order valence-corrected chi connectivity index (χ4v) is 2.25. The molecule has 0 radical (unpaired) electrons. The van der Waals surface area contributed by atoms with Gasteiger partial charge in [-0.25, -0.2) is 0 Å². The summed E-state index contributed by atoms with van der Waals surface area (Å²) in [6.07, 6.45) is 5.35. The molecule has 0 bridgehead atoms. The van der Waals surface area contributed by atoms with E-state index in [1.807, 2.05) is 13.8 Å². The molecule has 1 amide bonds. The molecule has 1 atom stereocenters. The van der Waals surface area contributed by atoms with Gasteiger partial charge >= 0.3 is 0 Å². The highest BCUT2D eigenvalue weighted by molar-refractivity contribution is 5.78. The Labute approximate surface area is 93.0 Å². The lowest BCUT2D eigenvalue weighted by Gasteiger charge is -2.20. The van der Waals surface area contributed by atoms with E-state index in [0.717, 1.165) is 5.92 Å². The fourth-order valence-electron chi connectivity index (χ4n) is 2.25. The van der Waals surface area contributed by atoms with Crippen LogP contribution in [0.2, 0.25) is 0 Å². The van der Waals surface area contributed by atoms with E-state index in [1.54, 1.807) is 0 Å². The maximum Gasteiger partial charge on any atom is 0.234 e. The maximum absolute atomic E-state index is 11.4. The lowest BCUT2D eigenvalue weighted by molar-refractivity contribution is -0.120. The molecule has 2 N–H and O–H groups in total. The van der Waals surface area contributed by atoms with E-state index < -0.39 is 0 Å². The third kappa shape index (κ3) is 4.65. The summed E-state index contributed by atoms with van der Waals surface area (Å²) in [6.45, 7) is 6.62. The summed E-state index contributed by atoms with van der Waals surface area (Å²) in [5.41, 5.74) is 0. The highest BCUT2D eigenvalue weighted by atomic mass is 16.1. The van der Waals surface area contributed by atoms with Crippen molar-refractivity contribution in [2.24, 2.45) is 5.92 Å². The molecule has 1 aliphatic carbocycles. The SMILES string of the molecule is CC(C)NC(=O)CN[C@H](C)C1CCCC1. The van der Waals surface area contributed by atoms with Gasteiger partial charge in [0.25, 0.3) is 0 Å². The molecule has 0 aromatic heterocycles. The van der Waals surface area contributed by atoms with Gasteiger partial charge in [-0.3, -0.25) is 4.79 Å². The first-order valence-corrected chi connectivity index (χ1v) is 6.12. The molecular formula is C12H24N2O. The highest BCUT2D eigenvalue weighted by Crippen LogP contribution is 2.27. The Bertz CT molecular complexity index is 198. The van der Waals surface area contributed by atoms with Gasteiger partial charge in [0.2, 0.25) is 5.91 Å². The number of nitrogens with one attached hydrogen (secondary N) is 2. The van der Waals surface area contributed by atoms with E-state index >= 15 is 0 Å². The van der Waals surface area contributed by atoms with Gasteiger partial charge < -0.3 is 10.6 Å².